The van der Waals surface area contributed by atoms with Crippen LogP contribution in [0.2, 0.25) is 0 Å². The molecule has 2 aromatic carbocycles. The van der Waals surface area contributed by atoms with Crippen molar-refractivity contribution < 1.29 is 19.1 Å². The number of esters is 2. The predicted octanol–water partition coefficient (Wildman–Crippen LogP) is 3.14. The molecule has 3 aliphatic rings. The zero-order valence-electron chi connectivity index (χ0n) is 13.7. The number of rotatable bonds is 1. The van der Waals surface area contributed by atoms with E-state index in [9.17, 15) is 9.59 Å². The monoisotopic (exact) mass is 345 g/mol. The number of carbonyl (C=O) groups excluding carboxylic acids is 2. The Morgan fingerprint density at radius 2 is 1.58 bits per heavy atom. The van der Waals surface area contributed by atoms with Gasteiger partial charge >= 0.3 is 17.8 Å². The molecule has 0 saturated carbocycles. The molecule has 1 spiro atoms. The Balaban J connectivity index is 1.76. The van der Waals surface area contributed by atoms with Crippen molar-refractivity contribution in [3.8, 4) is 0 Å². The highest BCUT2D eigenvalue weighted by molar-refractivity contribution is 5.96. The van der Waals surface area contributed by atoms with Gasteiger partial charge in [0.15, 0.2) is 0 Å². The van der Waals surface area contributed by atoms with Crippen LogP contribution in [0.5, 0.6) is 0 Å². The first-order valence-corrected chi connectivity index (χ1v) is 8.46. The number of nitrogens with zero attached hydrogens (tertiary/aromatic N) is 1. The minimum Gasteiger partial charge on any atom is -0.399 e. The number of fused-ring (bicyclic) bond motifs is 3. The van der Waals surface area contributed by atoms with Crippen LogP contribution in [0.4, 0.5) is 5.69 Å². The summed E-state index contributed by atoms with van der Waals surface area (Å²) in [7, 11) is 0. The molecule has 0 N–H and O–H groups in total. The Labute approximate surface area is 150 Å². The largest absolute Gasteiger partial charge is 0.399 e. The molecule has 2 aromatic rings. The standard InChI is InChI=1S/C21H15NO4/c23-19-15-10-4-6-12-17(15)21(25-19)22(14-8-2-1-3-9-14)18-13-7-5-11-16(18)20(24)26-21/h1-13,16,18H. The summed E-state index contributed by atoms with van der Waals surface area (Å²) in [5.41, 5.74) is 1.76. The summed E-state index contributed by atoms with van der Waals surface area (Å²) >= 11 is 0. The third-order valence-corrected chi connectivity index (χ3v) is 4.98. The van der Waals surface area contributed by atoms with Crippen LogP contribution in [0.15, 0.2) is 78.9 Å². The Morgan fingerprint density at radius 3 is 2.42 bits per heavy atom. The highest BCUT2D eigenvalue weighted by atomic mass is 16.8. The molecule has 26 heavy (non-hydrogen) atoms. The number of hydrogen-bond donors (Lipinski definition) is 0. The van der Waals surface area contributed by atoms with E-state index in [1.807, 2.05) is 65.6 Å². The van der Waals surface area contributed by atoms with Crippen LogP contribution >= 0.6 is 0 Å². The first-order valence-electron chi connectivity index (χ1n) is 8.46. The van der Waals surface area contributed by atoms with Gasteiger partial charge in [-0.1, -0.05) is 54.6 Å². The summed E-state index contributed by atoms with van der Waals surface area (Å²) < 4.78 is 11.6. The zero-order valence-corrected chi connectivity index (χ0v) is 13.7. The summed E-state index contributed by atoms with van der Waals surface area (Å²) in [4.78, 5) is 27.1. The predicted molar refractivity (Wildman–Crippen MR) is 94.1 cm³/mol. The molecular formula is C21H15NO4. The fraction of sp³-hybridized carbons (Fsp3) is 0.143. The maximum atomic E-state index is 12.8. The summed E-state index contributed by atoms with van der Waals surface area (Å²) in [5, 5.41) is 0. The topological polar surface area (TPSA) is 55.8 Å². The minimum atomic E-state index is -1.59. The highest BCUT2D eigenvalue weighted by Crippen LogP contribution is 2.48. The summed E-state index contributed by atoms with van der Waals surface area (Å²) in [6.07, 6.45) is 7.48. The molecule has 128 valence electrons. The van der Waals surface area contributed by atoms with Gasteiger partial charge in [0.05, 0.1) is 23.1 Å². The molecule has 2 aliphatic heterocycles. The molecule has 0 radical (unpaired) electrons. The second kappa shape index (κ2) is 5.33. The molecule has 5 rings (SSSR count). The Morgan fingerprint density at radius 1 is 0.846 bits per heavy atom. The van der Waals surface area contributed by atoms with Crippen molar-refractivity contribution in [1.82, 2.24) is 0 Å². The van der Waals surface area contributed by atoms with E-state index >= 15 is 0 Å². The fourth-order valence-electron chi connectivity index (χ4n) is 3.87. The van der Waals surface area contributed by atoms with Gasteiger partial charge in [-0.25, -0.2) is 4.79 Å². The van der Waals surface area contributed by atoms with Gasteiger partial charge in [0.2, 0.25) is 0 Å². The van der Waals surface area contributed by atoms with Crippen molar-refractivity contribution in [3.63, 3.8) is 0 Å². The van der Waals surface area contributed by atoms with Gasteiger partial charge in [-0.05, 0) is 24.3 Å². The molecule has 2 heterocycles. The molecule has 1 aliphatic carbocycles. The molecule has 3 atom stereocenters. The van der Waals surface area contributed by atoms with E-state index in [1.54, 1.807) is 18.2 Å². The van der Waals surface area contributed by atoms with Crippen LogP contribution in [0.1, 0.15) is 15.9 Å². The molecule has 5 heteroatoms. The molecule has 1 fully saturated rings. The van der Waals surface area contributed by atoms with E-state index in [0.717, 1.165) is 5.69 Å². The summed E-state index contributed by atoms with van der Waals surface area (Å²) in [6, 6.07) is 16.3. The molecule has 1 saturated heterocycles. The average Bonchev–Trinajstić information content (AvgIpc) is 2.95. The average molecular weight is 345 g/mol. The van der Waals surface area contributed by atoms with E-state index in [2.05, 4.69) is 0 Å². The van der Waals surface area contributed by atoms with E-state index in [1.165, 1.54) is 0 Å². The fourth-order valence-corrected chi connectivity index (χ4v) is 3.87. The van der Waals surface area contributed by atoms with Gasteiger partial charge in [0.25, 0.3) is 0 Å². The molecular weight excluding hydrogens is 330 g/mol. The maximum Gasteiger partial charge on any atom is 0.373 e. The first kappa shape index (κ1) is 15.0. The van der Waals surface area contributed by atoms with Gasteiger partial charge < -0.3 is 9.47 Å². The van der Waals surface area contributed by atoms with E-state index in [-0.39, 0.29) is 6.04 Å². The van der Waals surface area contributed by atoms with Gasteiger partial charge in [0, 0.05) is 5.69 Å². The van der Waals surface area contributed by atoms with Crippen molar-refractivity contribution in [1.29, 1.82) is 0 Å². The molecule has 0 amide bonds. The molecule has 5 nitrogen and oxygen atoms in total. The number of allylic oxidation sites excluding steroid dienone is 2. The number of ether oxygens (including phenoxy) is 2. The SMILES string of the molecule is O=C1OC2(OC(=O)C3C=CC=CC3N2c2ccccc2)c2ccccc21. The van der Waals surface area contributed by atoms with E-state index in [0.29, 0.717) is 11.1 Å². The van der Waals surface area contributed by atoms with E-state index < -0.39 is 23.8 Å². The third-order valence-electron chi connectivity index (χ3n) is 4.98. The Kier molecular flexibility index (Phi) is 3.06. The van der Waals surface area contributed by atoms with Crippen molar-refractivity contribution in [2.24, 2.45) is 5.92 Å². The van der Waals surface area contributed by atoms with Crippen molar-refractivity contribution >= 4 is 17.6 Å². The summed E-state index contributed by atoms with van der Waals surface area (Å²) in [6.45, 7) is 0. The number of carbonyl (C=O) groups is 2. The Bertz CT molecular complexity index is 965. The highest BCUT2D eigenvalue weighted by Gasteiger charge is 2.60. The van der Waals surface area contributed by atoms with Gasteiger partial charge in [0.1, 0.15) is 0 Å². The smallest absolute Gasteiger partial charge is 0.373 e. The lowest BCUT2D eigenvalue weighted by atomic mass is 9.89. The van der Waals surface area contributed by atoms with Gasteiger partial charge in [-0.2, -0.15) is 0 Å². The zero-order chi connectivity index (χ0) is 17.7. The lowest BCUT2D eigenvalue weighted by Crippen LogP contribution is -2.62. The quantitative estimate of drug-likeness (QED) is 0.743. The third kappa shape index (κ3) is 1.91. The van der Waals surface area contributed by atoms with Crippen LogP contribution in [0.25, 0.3) is 0 Å². The lowest BCUT2D eigenvalue weighted by Gasteiger charge is -2.49. The minimum absolute atomic E-state index is 0.317. The molecule has 0 bridgehead atoms. The number of benzene rings is 2. The second-order valence-electron chi connectivity index (χ2n) is 6.43. The number of anilines is 1. The van der Waals surface area contributed by atoms with Crippen LogP contribution < -0.4 is 4.90 Å². The van der Waals surface area contributed by atoms with E-state index in [4.69, 9.17) is 9.47 Å². The normalized spacial score (nSPS) is 28.5. The number of para-hydroxylation sites is 1. The van der Waals surface area contributed by atoms with Gasteiger partial charge in [-0.3, -0.25) is 9.69 Å². The van der Waals surface area contributed by atoms with Crippen molar-refractivity contribution in [2.75, 3.05) is 4.90 Å². The summed E-state index contributed by atoms with van der Waals surface area (Å²) in [5.74, 6) is -2.96. The Hall–Kier alpha value is -3.34. The first-order chi connectivity index (χ1) is 12.7. The van der Waals surface area contributed by atoms with Crippen LogP contribution in [0, 0.1) is 5.92 Å². The van der Waals surface area contributed by atoms with Crippen LogP contribution in [-0.4, -0.2) is 18.0 Å². The number of hydrogen-bond acceptors (Lipinski definition) is 5. The van der Waals surface area contributed by atoms with Gasteiger partial charge in [-0.15, -0.1) is 0 Å². The molecule has 0 aromatic heterocycles. The van der Waals surface area contributed by atoms with Crippen LogP contribution in [-0.2, 0) is 20.2 Å². The van der Waals surface area contributed by atoms with Crippen molar-refractivity contribution in [3.05, 3.63) is 90.0 Å². The second-order valence-corrected chi connectivity index (χ2v) is 6.43. The lowest BCUT2D eigenvalue weighted by molar-refractivity contribution is -0.226. The van der Waals surface area contributed by atoms with Crippen molar-refractivity contribution in [2.45, 2.75) is 12.0 Å². The maximum absolute atomic E-state index is 12.8. The molecule has 3 unspecified atom stereocenters. The van der Waals surface area contributed by atoms with Crippen LogP contribution in [0.3, 0.4) is 0 Å².